The molecule has 3 nitrogen and oxygen atoms in total. The molecule has 0 amide bonds. The Morgan fingerprint density at radius 1 is 1.37 bits per heavy atom. The Hall–Kier alpha value is -0.290. The van der Waals surface area contributed by atoms with Crippen LogP contribution in [0.2, 0.25) is 5.02 Å². The van der Waals surface area contributed by atoms with Crippen molar-refractivity contribution in [2.75, 3.05) is 20.3 Å². The van der Waals surface area contributed by atoms with Crippen molar-refractivity contribution in [1.29, 1.82) is 0 Å². The molecule has 0 heterocycles. The van der Waals surface area contributed by atoms with Crippen LogP contribution in [-0.4, -0.2) is 31.9 Å². The minimum Gasteiger partial charge on any atom is -0.485 e. The van der Waals surface area contributed by atoms with Crippen molar-refractivity contribution < 1.29 is 9.47 Å². The van der Waals surface area contributed by atoms with Gasteiger partial charge in [-0.15, -0.1) is 0 Å². The topological polar surface area (TPSA) is 30.5 Å². The average Bonchev–Trinajstić information content (AvgIpc) is 2.30. The van der Waals surface area contributed by atoms with Gasteiger partial charge in [-0.05, 0) is 39.0 Å². The quantitative estimate of drug-likeness (QED) is 0.844. The van der Waals surface area contributed by atoms with E-state index >= 15 is 0 Å². The van der Waals surface area contributed by atoms with Gasteiger partial charge in [-0.1, -0.05) is 27.5 Å². The van der Waals surface area contributed by atoms with E-state index < -0.39 is 0 Å². The van der Waals surface area contributed by atoms with Crippen molar-refractivity contribution in [2.45, 2.75) is 32.4 Å². The maximum Gasteiger partial charge on any atom is 0.139 e. The highest BCUT2D eigenvalue weighted by molar-refractivity contribution is 9.10. The van der Waals surface area contributed by atoms with E-state index in [4.69, 9.17) is 21.1 Å². The van der Waals surface area contributed by atoms with Gasteiger partial charge in [-0.25, -0.2) is 0 Å². The first-order chi connectivity index (χ1) is 8.81. The SMILES string of the molecule is COCC(CNC(C)(C)C)Oc1cc(Br)ccc1Cl. The minimum atomic E-state index is -0.0870. The van der Waals surface area contributed by atoms with Gasteiger partial charge < -0.3 is 14.8 Å². The van der Waals surface area contributed by atoms with Gasteiger partial charge >= 0.3 is 0 Å². The van der Waals surface area contributed by atoms with Crippen LogP contribution in [0.25, 0.3) is 0 Å². The number of nitrogens with one attached hydrogen (secondary N) is 1. The van der Waals surface area contributed by atoms with Gasteiger partial charge in [-0.3, -0.25) is 0 Å². The third-order valence-corrected chi connectivity index (χ3v) is 3.21. The number of hydrogen-bond acceptors (Lipinski definition) is 3. The maximum absolute atomic E-state index is 6.12. The summed E-state index contributed by atoms with van der Waals surface area (Å²) in [6, 6.07) is 5.55. The Bertz CT molecular complexity index is 407. The number of methoxy groups -OCH3 is 1. The van der Waals surface area contributed by atoms with E-state index in [0.29, 0.717) is 23.9 Å². The molecule has 1 N–H and O–H groups in total. The van der Waals surface area contributed by atoms with Gasteiger partial charge in [0, 0.05) is 23.7 Å². The van der Waals surface area contributed by atoms with Crippen molar-refractivity contribution in [3.8, 4) is 5.75 Å². The summed E-state index contributed by atoms with van der Waals surface area (Å²) in [7, 11) is 1.66. The van der Waals surface area contributed by atoms with Crippen LogP contribution in [0.3, 0.4) is 0 Å². The van der Waals surface area contributed by atoms with Crippen LogP contribution < -0.4 is 10.1 Å². The second kappa shape index (κ2) is 7.48. The van der Waals surface area contributed by atoms with Crippen molar-refractivity contribution in [3.05, 3.63) is 27.7 Å². The minimum absolute atomic E-state index is 0.0381. The first-order valence-corrected chi connectivity index (χ1v) is 7.34. The molecule has 0 aliphatic heterocycles. The van der Waals surface area contributed by atoms with Crippen LogP contribution >= 0.6 is 27.5 Å². The Morgan fingerprint density at radius 3 is 2.63 bits per heavy atom. The number of halogens is 2. The molecule has 1 unspecified atom stereocenters. The van der Waals surface area contributed by atoms with Crippen molar-refractivity contribution >= 4 is 27.5 Å². The van der Waals surface area contributed by atoms with Crippen LogP contribution in [-0.2, 0) is 4.74 Å². The maximum atomic E-state index is 6.12. The van der Waals surface area contributed by atoms with Gasteiger partial charge in [0.1, 0.15) is 11.9 Å². The molecule has 0 radical (unpaired) electrons. The lowest BCUT2D eigenvalue weighted by Gasteiger charge is -2.26. The Kier molecular flexibility index (Phi) is 6.60. The van der Waals surface area contributed by atoms with Crippen LogP contribution in [0.5, 0.6) is 5.75 Å². The average molecular weight is 351 g/mol. The highest BCUT2D eigenvalue weighted by Crippen LogP contribution is 2.28. The van der Waals surface area contributed by atoms with Gasteiger partial charge in [-0.2, -0.15) is 0 Å². The molecule has 0 spiro atoms. The molecular weight excluding hydrogens is 330 g/mol. The molecular formula is C14H21BrClNO2. The molecule has 0 aromatic heterocycles. The molecule has 1 atom stereocenters. The molecule has 1 aromatic rings. The fraction of sp³-hybridized carbons (Fsp3) is 0.571. The standard InChI is InChI=1S/C14H21BrClNO2/c1-14(2,3)17-8-11(9-18-4)19-13-7-10(15)5-6-12(13)16/h5-7,11,17H,8-9H2,1-4H3. The van der Waals surface area contributed by atoms with E-state index in [1.54, 1.807) is 7.11 Å². The van der Waals surface area contributed by atoms with E-state index in [1.807, 2.05) is 18.2 Å². The van der Waals surface area contributed by atoms with E-state index in [0.717, 1.165) is 4.47 Å². The van der Waals surface area contributed by atoms with E-state index in [-0.39, 0.29) is 11.6 Å². The molecule has 0 aliphatic carbocycles. The predicted octanol–water partition coefficient (Wildman–Crippen LogP) is 3.88. The molecule has 0 saturated carbocycles. The Balaban J connectivity index is 2.69. The van der Waals surface area contributed by atoms with Crippen molar-refractivity contribution in [3.63, 3.8) is 0 Å². The third-order valence-electron chi connectivity index (χ3n) is 2.40. The van der Waals surface area contributed by atoms with Gasteiger partial charge in [0.2, 0.25) is 0 Å². The van der Waals surface area contributed by atoms with Gasteiger partial charge in [0.05, 0.1) is 11.6 Å². The van der Waals surface area contributed by atoms with Crippen LogP contribution in [0.1, 0.15) is 20.8 Å². The predicted molar refractivity (Wildman–Crippen MR) is 83.2 cm³/mol. The van der Waals surface area contributed by atoms with Crippen LogP contribution in [0, 0.1) is 0 Å². The second-order valence-electron chi connectivity index (χ2n) is 5.40. The summed E-state index contributed by atoms with van der Waals surface area (Å²) in [5.74, 6) is 0.661. The molecule has 1 rings (SSSR count). The second-order valence-corrected chi connectivity index (χ2v) is 6.72. The lowest BCUT2D eigenvalue weighted by atomic mass is 10.1. The summed E-state index contributed by atoms with van der Waals surface area (Å²) < 4.78 is 12.0. The normalized spacial score (nSPS) is 13.4. The molecule has 0 aliphatic rings. The summed E-state index contributed by atoms with van der Waals surface area (Å²) in [5.41, 5.74) is 0.0381. The summed E-state index contributed by atoms with van der Waals surface area (Å²) in [6.45, 7) is 7.54. The first-order valence-electron chi connectivity index (χ1n) is 6.17. The fourth-order valence-electron chi connectivity index (χ4n) is 1.49. The third kappa shape index (κ3) is 6.61. The zero-order chi connectivity index (χ0) is 14.5. The fourth-order valence-corrected chi connectivity index (χ4v) is 1.99. The van der Waals surface area contributed by atoms with Crippen molar-refractivity contribution in [1.82, 2.24) is 5.32 Å². The van der Waals surface area contributed by atoms with E-state index in [2.05, 4.69) is 42.0 Å². The zero-order valence-corrected chi connectivity index (χ0v) is 14.1. The molecule has 5 heteroatoms. The summed E-state index contributed by atoms with van der Waals surface area (Å²) >= 11 is 9.53. The molecule has 19 heavy (non-hydrogen) atoms. The molecule has 108 valence electrons. The monoisotopic (exact) mass is 349 g/mol. The smallest absolute Gasteiger partial charge is 0.139 e. The van der Waals surface area contributed by atoms with E-state index in [9.17, 15) is 0 Å². The van der Waals surface area contributed by atoms with Crippen LogP contribution in [0.4, 0.5) is 0 Å². The zero-order valence-electron chi connectivity index (χ0n) is 11.8. The van der Waals surface area contributed by atoms with Crippen molar-refractivity contribution in [2.24, 2.45) is 0 Å². The molecule has 0 bridgehead atoms. The lowest BCUT2D eigenvalue weighted by molar-refractivity contribution is 0.0765. The van der Waals surface area contributed by atoms with Crippen LogP contribution in [0.15, 0.2) is 22.7 Å². The van der Waals surface area contributed by atoms with Gasteiger partial charge in [0.25, 0.3) is 0 Å². The number of rotatable bonds is 6. The molecule has 0 saturated heterocycles. The summed E-state index contributed by atoms with van der Waals surface area (Å²) in [6.07, 6.45) is -0.0870. The molecule has 0 fully saturated rings. The lowest BCUT2D eigenvalue weighted by Crippen LogP contribution is -2.44. The highest BCUT2D eigenvalue weighted by atomic mass is 79.9. The largest absolute Gasteiger partial charge is 0.485 e. The first kappa shape index (κ1) is 16.8. The summed E-state index contributed by atoms with van der Waals surface area (Å²) in [4.78, 5) is 0. The number of hydrogen-bond donors (Lipinski definition) is 1. The highest BCUT2D eigenvalue weighted by Gasteiger charge is 2.16. The van der Waals surface area contributed by atoms with Gasteiger partial charge in [0.15, 0.2) is 0 Å². The number of benzene rings is 1. The Labute approximate surface area is 128 Å². The van der Waals surface area contributed by atoms with E-state index in [1.165, 1.54) is 0 Å². The number of ether oxygens (including phenoxy) is 2. The molecule has 1 aromatic carbocycles. The Morgan fingerprint density at radius 2 is 2.05 bits per heavy atom. The summed E-state index contributed by atoms with van der Waals surface area (Å²) in [5, 5.41) is 4.00.